The van der Waals surface area contributed by atoms with Crippen molar-refractivity contribution in [2.45, 2.75) is 19.8 Å². The van der Waals surface area contributed by atoms with Crippen molar-refractivity contribution in [2.75, 3.05) is 0 Å². The van der Waals surface area contributed by atoms with Crippen LogP contribution in [0.3, 0.4) is 0 Å². The maximum absolute atomic E-state index is 10.6. The number of carboxylic acids is 1. The molecule has 1 rings (SSSR count). The molecule has 1 aliphatic rings. The van der Waals surface area contributed by atoms with Crippen molar-refractivity contribution in [3.05, 3.63) is 11.3 Å². The van der Waals surface area contributed by atoms with E-state index in [-0.39, 0.29) is 18.6 Å². The van der Waals surface area contributed by atoms with Gasteiger partial charge < -0.3 is 14.6 Å². The highest BCUT2D eigenvalue weighted by Gasteiger charge is 2.19. The lowest BCUT2D eigenvalue weighted by Crippen LogP contribution is -2.22. The predicted molar refractivity (Wildman–Crippen MR) is 33.0 cm³/mol. The largest absolute Gasteiger partial charge is 0.550 e. The molecule has 1 aliphatic heterocycles. The smallest absolute Gasteiger partial charge is 0.315 e. The van der Waals surface area contributed by atoms with E-state index in [4.69, 9.17) is 0 Å². The molecule has 0 fully saturated rings. The van der Waals surface area contributed by atoms with Gasteiger partial charge in [-0.15, -0.1) is 0 Å². The molecule has 0 saturated heterocycles. The molecule has 0 aliphatic carbocycles. The van der Waals surface area contributed by atoms with Gasteiger partial charge in [0.15, 0.2) is 0 Å². The van der Waals surface area contributed by atoms with Crippen molar-refractivity contribution in [3.8, 4) is 0 Å². The molecular formula is C7H7O4-. The minimum Gasteiger partial charge on any atom is -0.550 e. The summed E-state index contributed by atoms with van der Waals surface area (Å²) in [7, 11) is 0. The number of cyclic esters (lactones) is 1. The van der Waals surface area contributed by atoms with Gasteiger partial charge in [-0.25, -0.2) is 0 Å². The number of carbonyl (C=O) groups excluding carboxylic acids is 2. The van der Waals surface area contributed by atoms with E-state index in [1.165, 1.54) is 0 Å². The van der Waals surface area contributed by atoms with Gasteiger partial charge >= 0.3 is 5.97 Å². The summed E-state index contributed by atoms with van der Waals surface area (Å²) in [6.07, 6.45) is -0.111. The third-order valence-electron chi connectivity index (χ3n) is 1.43. The molecule has 11 heavy (non-hydrogen) atoms. The molecule has 0 amide bonds. The average molecular weight is 155 g/mol. The molecule has 0 saturated carbocycles. The van der Waals surface area contributed by atoms with Gasteiger partial charge in [0, 0.05) is 12.4 Å². The Bertz CT molecular complexity index is 239. The normalized spacial score (nSPS) is 17.0. The van der Waals surface area contributed by atoms with Crippen LogP contribution in [0.25, 0.3) is 0 Å². The van der Waals surface area contributed by atoms with Gasteiger partial charge in [-0.1, -0.05) is 0 Å². The highest BCUT2D eigenvalue weighted by Crippen LogP contribution is 2.21. The van der Waals surface area contributed by atoms with Crippen LogP contribution >= 0.6 is 0 Å². The van der Waals surface area contributed by atoms with E-state index in [9.17, 15) is 14.7 Å². The number of rotatable bonds is 2. The zero-order valence-corrected chi connectivity index (χ0v) is 6.05. The van der Waals surface area contributed by atoms with Crippen molar-refractivity contribution in [2.24, 2.45) is 0 Å². The molecule has 0 N–H and O–H groups in total. The van der Waals surface area contributed by atoms with Gasteiger partial charge in [-0.05, 0) is 12.5 Å². The molecule has 0 unspecified atom stereocenters. The monoisotopic (exact) mass is 155 g/mol. The standard InChI is InChI=1S/C7H8O4/c1-4-2-7(10)11-5(4)3-6(8)9/h2-3H2,1H3,(H,8,9)/p-1. The van der Waals surface area contributed by atoms with Crippen LogP contribution in [0.1, 0.15) is 19.8 Å². The molecule has 0 aromatic rings. The summed E-state index contributed by atoms with van der Waals surface area (Å²) in [5.41, 5.74) is 0.680. The second-order valence-corrected chi connectivity index (χ2v) is 2.40. The van der Waals surface area contributed by atoms with Crippen LogP contribution in [0.5, 0.6) is 0 Å². The van der Waals surface area contributed by atoms with E-state index in [2.05, 4.69) is 4.74 Å². The van der Waals surface area contributed by atoms with Crippen LogP contribution in [0.4, 0.5) is 0 Å². The molecule has 60 valence electrons. The number of esters is 1. The van der Waals surface area contributed by atoms with E-state index in [1.807, 2.05) is 0 Å². The first-order chi connectivity index (χ1) is 5.09. The minimum absolute atomic E-state index is 0.197. The zero-order valence-electron chi connectivity index (χ0n) is 6.05. The number of carboxylic acid groups (broad SMARTS) is 1. The Morgan fingerprint density at radius 3 is 2.73 bits per heavy atom. The van der Waals surface area contributed by atoms with Crippen molar-refractivity contribution in [1.29, 1.82) is 0 Å². The predicted octanol–water partition coefficient (Wildman–Crippen LogP) is -0.653. The molecule has 4 nitrogen and oxygen atoms in total. The molecule has 0 atom stereocenters. The third-order valence-corrected chi connectivity index (χ3v) is 1.43. The lowest BCUT2D eigenvalue weighted by molar-refractivity contribution is -0.305. The fraction of sp³-hybridized carbons (Fsp3) is 0.429. The van der Waals surface area contributed by atoms with Crippen LogP contribution in [0, 0.1) is 0 Å². The molecule has 0 bridgehead atoms. The van der Waals surface area contributed by atoms with Crippen molar-refractivity contribution >= 4 is 11.9 Å². The average Bonchev–Trinajstić information content (AvgIpc) is 2.09. The van der Waals surface area contributed by atoms with Gasteiger partial charge in [0.2, 0.25) is 0 Å². The van der Waals surface area contributed by atoms with Gasteiger partial charge in [0.1, 0.15) is 5.76 Å². The Labute approximate surface area is 63.5 Å². The first-order valence-corrected chi connectivity index (χ1v) is 3.18. The van der Waals surface area contributed by atoms with Gasteiger partial charge in [0.25, 0.3) is 0 Å². The van der Waals surface area contributed by atoms with Crippen molar-refractivity contribution in [3.63, 3.8) is 0 Å². The van der Waals surface area contributed by atoms with E-state index in [1.54, 1.807) is 6.92 Å². The number of hydrogen-bond acceptors (Lipinski definition) is 4. The summed E-state index contributed by atoms with van der Waals surface area (Å²) in [5.74, 6) is -1.39. The van der Waals surface area contributed by atoms with Crippen LogP contribution in [-0.4, -0.2) is 11.9 Å². The quantitative estimate of drug-likeness (QED) is 0.497. The molecule has 0 aromatic heterocycles. The van der Waals surface area contributed by atoms with E-state index >= 15 is 0 Å². The zero-order chi connectivity index (χ0) is 8.43. The summed E-state index contributed by atoms with van der Waals surface area (Å²) in [6.45, 7) is 1.67. The van der Waals surface area contributed by atoms with E-state index < -0.39 is 11.9 Å². The number of hydrogen-bond donors (Lipinski definition) is 0. The SMILES string of the molecule is CC1=C(CC(=O)[O-])OC(=O)C1. The van der Waals surface area contributed by atoms with Gasteiger partial charge in [-0.3, -0.25) is 4.79 Å². The summed E-state index contributed by atoms with van der Waals surface area (Å²) in [6, 6.07) is 0. The molecule has 0 aromatic carbocycles. The summed E-state index contributed by atoms with van der Waals surface area (Å²) in [4.78, 5) is 20.6. The summed E-state index contributed by atoms with van der Waals surface area (Å²) in [5, 5.41) is 10.1. The Kier molecular flexibility index (Phi) is 1.94. The molecule has 0 radical (unpaired) electrons. The Morgan fingerprint density at radius 1 is 1.73 bits per heavy atom. The lowest BCUT2D eigenvalue weighted by Gasteiger charge is -2.02. The fourth-order valence-corrected chi connectivity index (χ4v) is 0.894. The van der Waals surface area contributed by atoms with E-state index in [0.29, 0.717) is 5.57 Å². The summed E-state index contributed by atoms with van der Waals surface area (Å²) >= 11 is 0. The second-order valence-electron chi connectivity index (χ2n) is 2.40. The molecule has 0 spiro atoms. The first-order valence-electron chi connectivity index (χ1n) is 3.18. The highest BCUT2D eigenvalue weighted by molar-refractivity contribution is 5.79. The van der Waals surface area contributed by atoms with Crippen LogP contribution in [0.15, 0.2) is 11.3 Å². The summed E-state index contributed by atoms with van der Waals surface area (Å²) < 4.78 is 4.60. The first kappa shape index (κ1) is 7.78. The fourth-order valence-electron chi connectivity index (χ4n) is 0.894. The molecule has 4 heteroatoms. The van der Waals surface area contributed by atoms with Crippen LogP contribution in [-0.2, 0) is 14.3 Å². The van der Waals surface area contributed by atoms with Crippen molar-refractivity contribution in [1.82, 2.24) is 0 Å². The van der Waals surface area contributed by atoms with E-state index in [0.717, 1.165) is 0 Å². The molecule has 1 heterocycles. The number of carbonyl (C=O) groups is 2. The van der Waals surface area contributed by atoms with Gasteiger partial charge in [0.05, 0.1) is 6.42 Å². The number of aliphatic carboxylic acids is 1. The maximum Gasteiger partial charge on any atom is 0.315 e. The second kappa shape index (κ2) is 2.74. The van der Waals surface area contributed by atoms with Crippen LogP contribution < -0.4 is 5.11 Å². The Hall–Kier alpha value is -1.32. The van der Waals surface area contributed by atoms with Crippen LogP contribution in [0.2, 0.25) is 0 Å². The topological polar surface area (TPSA) is 66.4 Å². The maximum atomic E-state index is 10.6. The Balaban J connectivity index is 2.64. The Morgan fingerprint density at radius 2 is 2.36 bits per heavy atom. The minimum atomic E-state index is -1.23. The third kappa shape index (κ3) is 1.80. The highest BCUT2D eigenvalue weighted by atomic mass is 16.5. The van der Waals surface area contributed by atoms with Crippen molar-refractivity contribution < 1.29 is 19.4 Å². The van der Waals surface area contributed by atoms with Gasteiger partial charge in [-0.2, -0.15) is 0 Å². The number of ether oxygens (including phenoxy) is 1. The lowest BCUT2D eigenvalue weighted by atomic mass is 10.2. The molecular weight excluding hydrogens is 148 g/mol.